The Morgan fingerprint density at radius 2 is 2.23 bits per heavy atom. The molecular weight excluding hydrogens is 243 g/mol. The summed E-state index contributed by atoms with van der Waals surface area (Å²) in [4.78, 5) is 11.0. The van der Waals surface area contributed by atoms with Crippen LogP contribution in [0.1, 0.15) is 22.2 Å². The average molecular weight is 247 g/mol. The van der Waals surface area contributed by atoms with E-state index in [-0.39, 0.29) is 15.6 Å². The van der Waals surface area contributed by atoms with Gasteiger partial charge < -0.3 is 9.84 Å². The lowest BCUT2D eigenvalue weighted by molar-refractivity contribution is -0.0562. The van der Waals surface area contributed by atoms with Gasteiger partial charge in [-0.1, -0.05) is 0 Å². The summed E-state index contributed by atoms with van der Waals surface area (Å²) in [7, 11) is 0. The van der Waals surface area contributed by atoms with Crippen molar-refractivity contribution in [3.8, 4) is 0 Å². The molecule has 0 spiro atoms. The number of benzene rings is 1. The minimum absolute atomic E-state index is 0.0770. The van der Waals surface area contributed by atoms with Gasteiger partial charge in [0.05, 0.1) is 15.6 Å². The van der Waals surface area contributed by atoms with Gasteiger partial charge in [-0.05, 0) is 28.1 Å². The zero-order chi connectivity index (χ0) is 9.59. The number of aliphatic hydroxyl groups is 1. The third-order valence-electron chi connectivity index (χ3n) is 1.82. The number of carbonyl (C=O) groups excluding carboxylic acids is 1. The maximum atomic E-state index is 13.3. The molecule has 1 aliphatic rings. The number of ether oxygens (including phenoxy) is 1. The van der Waals surface area contributed by atoms with Crippen LogP contribution in [0.2, 0.25) is 0 Å². The molecule has 1 heterocycles. The highest BCUT2D eigenvalue weighted by molar-refractivity contribution is 9.10. The molecule has 1 aromatic rings. The molecule has 2 rings (SSSR count). The van der Waals surface area contributed by atoms with Crippen molar-refractivity contribution in [2.24, 2.45) is 0 Å². The Labute approximate surface area is 81.3 Å². The van der Waals surface area contributed by atoms with E-state index in [0.29, 0.717) is 0 Å². The molecule has 5 heteroatoms. The van der Waals surface area contributed by atoms with Crippen LogP contribution in [0.25, 0.3) is 0 Å². The summed E-state index contributed by atoms with van der Waals surface area (Å²) in [6, 6.07) is 2.80. The van der Waals surface area contributed by atoms with Gasteiger partial charge in [-0.25, -0.2) is 9.18 Å². The van der Waals surface area contributed by atoms with E-state index in [1.165, 1.54) is 12.1 Å². The van der Waals surface area contributed by atoms with Crippen molar-refractivity contribution in [2.75, 3.05) is 0 Å². The monoisotopic (exact) mass is 246 g/mol. The van der Waals surface area contributed by atoms with Gasteiger partial charge in [0.1, 0.15) is 5.82 Å². The maximum absolute atomic E-state index is 13.3. The molecule has 68 valence electrons. The highest BCUT2D eigenvalue weighted by atomic mass is 79.9. The fourth-order valence-electron chi connectivity index (χ4n) is 1.21. The van der Waals surface area contributed by atoms with Crippen LogP contribution in [0.5, 0.6) is 0 Å². The standard InChI is InChI=1S/C8H4BrFO3/c9-4-2-1-3-5(6(4)10)8(12)13-7(3)11/h1-2,8,12H. The highest BCUT2D eigenvalue weighted by Crippen LogP contribution is 2.33. The Morgan fingerprint density at radius 3 is 2.92 bits per heavy atom. The predicted octanol–water partition coefficient (Wildman–Crippen LogP) is 1.75. The fraction of sp³-hybridized carbons (Fsp3) is 0.125. The van der Waals surface area contributed by atoms with Crippen molar-refractivity contribution in [3.63, 3.8) is 0 Å². The van der Waals surface area contributed by atoms with Crippen LogP contribution in [-0.4, -0.2) is 11.1 Å². The number of hydrogen-bond donors (Lipinski definition) is 1. The van der Waals surface area contributed by atoms with Crippen molar-refractivity contribution in [1.82, 2.24) is 0 Å². The van der Waals surface area contributed by atoms with Crippen molar-refractivity contribution in [3.05, 3.63) is 33.5 Å². The molecule has 0 aromatic heterocycles. The molecule has 1 atom stereocenters. The maximum Gasteiger partial charge on any atom is 0.341 e. The van der Waals surface area contributed by atoms with Gasteiger partial charge in [-0.3, -0.25) is 0 Å². The minimum atomic E-state index is -1.49. The van der Waals surface area contributed by atoms with Crippen molar-refractivity contribution >= 4 is 21.9 Å². The lowest BCUT2D eigenvalue weighted by Gasteiger charge is -2.03. The topological polar surface area (TPSA) is 46.5 Å². The Hall–Kier alpha value is -0.940. The molecule has 0 saturated carbocycles. The molecule has 0 bridgehead atoms. The number of rotatable bonds is 0. The Balaban J connectivity index is 2.70. The summed E-state index contributed by atoms with van der Waals surface area (Å²) >= 11 is 2.94. The molecular formula is C8H4BrFO3. The minimum Gasteiger partial charge on any atom is -0.428 e. The van der Waals surface area contributed by atoms with Crippen LogP contribution in [0.15, 0.2) is 16.6 Å². The molecule has 0 saturated heterocycles. The highest BCUT2D eigenvalue weighted by Gasteiger charge is 2.33. The molecule has 1 N–H and O–H groups in total. The first kappa shape index (κ1) is 8.65. The molecule has 0 aliphatic carbocycles. The third kappa shape index (κ3) is 1.15. The molecule has 1 unspecified atom stereocenters. The second kappa shape index (κ2) is 2.78. The summed E-state index contributed by atoms with van der Waals surface area (Å²) in [6.45, 7) is 0. The summed E-state index contributed by atoms with van der Waals surface area (Å²) in [5.74, 6) is -1.36. The first-order valence-corrected chi connectivity index (χ1v) is 4.27. The van der Waals surface area contributed by atoms with Gasteiger partial charge in [0.2, 0.25) is 6.29 Å². The Kier molecular flexibility index (Phi) is 1.85. The zero-order valence-corrected chi connectivity index (χ0v) is 7.84. The van der Waals surface area contributed by atoms with Crippen molar-refractivity contribution < 1.29 is 19.0 Å². The van der Waals surface area contributed by atoms with E-state index in [9.17, 15) is 9.18 Å². The van der Waals surface area contributed by atoms with Crippen LogP contribution in [0, 0.1) is 5.82 Å². The molecule has 0 fully saturated rings. The van der Waals surface area contributed by atoms with Crippen LogP contribution in [0.3, 0.4) is 0 Å². The van der Waals surface area contributed by atoms with Crippen LogP contribution in [-0.2, 0) is 4.74 Å². The number of fused-ring (bicyclic) bond motifs is 1. The fourth-order valence-corrected chi connectivity index (χ4v) is 1.56. The van der Waals surface area contributed by atoms with Crippen LogP contribution in [0.4, 0.5) is 4.39 Å². The summed E-state index contributed by atoms with van der Waals surface area (Å²) in [5.41, 5.74) is -0.0208. The van der Waals surface area contributed by atoms with E-state index in [1.54, 1.807) is 0 Å². The number of aliphatic hydroxyl groups excluding tert-OH is 1. The van der Waals surface area contributed by atoms with Crippen molar-refractivity contribution in [2.45, 2.75) is 6.29 Å². The van der Waals surface area contributed by atoms with E-state index < -0.39 is 18.1 Å². The second-order valence-corrected chi connectivity index (χ2v) is 3.43. The number of esters is 1. The third-order valence-corrected chi connectivity index (χ3v) is 2.43. The van der Waals surface area contributed by atoms with Crippen LogP contribution >= 0.6 is 15.9 Å². The Morgan fingerprint density at radius 1 is 1.54 bits per heavy atom. The van der Waals surface area contributed by atoms with Gasteiger partial charge in [-0.2, -0.15) is 0 Å². The first-order chi connectivity index (χ1) is 6.11. The van der Waals surface area contributed by atoms with Gasteiger partial charge in [0.15, 0.2) is 0 Å². The number of halogens is 2. The normalized spacial score (nSPS) is 19.9. The SMILES string of the molecule is O=C1OC(O)c2c1ccc(Br)c2F. The second-order valence-electron chi connectivity index (χ2n) is 2.58. The largest absolute Gasteiger partial charge is 0.428 e. The number of carbonyl (C=O) groups is 1. The number of cyclic esters (lactones) is 1. The average Bonchev–Trinajstić information content (AvgIpc) is 2.35. The molecule has 0 radical (unpaired) electrons. The lowest BCUT2D eigenvalue weighted by Crippen LogP contribution is -1.97. The smallest absolute Gasteiger partial charge is 0.341 e. The van der Waals surface area contributed by atoms with Gasteiger partial charge in [-0.15, -0.1) is 0 Å². The van der Waals surface area contributed by atoms with E-state index in [4.69, 9.17) is 5.11 Å². The molecule has 1 aromatic carbocycles. The van der Waals surface area contributed by atoms with Gasteiger partial charge in [0.25, 0.3) is 0 Å². The molecule has 3 nitrogen and oxygen atoms in total. The van der Waals surface area contributed by atoms with E-state index in [1.807, 2.05) is 0 Å². The molecule has 1 aliphatic heterocycles. The predicted molar refractivity (Wildman–Crippen MR) is 44.5 cm³/mol. The number of hydrogen-bond acceptors (Lipinski definition) is 3. The summed E-state index contributed by atoms with van der Waals surface area (Å²) in [5, 5.41) is 9.15. The lowest BCUT2D eigenvalue weighted by atomic mass is 10.1. The first-order valence-electron chi connectivity index (χ1n) is 3.48. The van der Waals surface area contributed by atoms with Gasteiger partial charge >= 0.3 is 5.97 Å². The van der Waals surface area contributed by atoms with Crippen LogP contribution < -0.4 is 0 Å². The zero-order valence-electron chi connectivity index (χ0n) is 6.25. The summed E-state index contributed by atoms with van der Waals surface area (Å²) in [6.07, 6.45) is -1.49. The molecule has 13 heavy (non-hydrogen) atoms. The van der Waals surface area contributed by atoms with E-state index in [2.05, 4.69) is 20.7 Å². The quantitative estimate of drug-likeness (QED) is 0.710. The Bertz CT molecular complexity index is 391. The molecule has 0 amide bonds. The van der Waals surface area contributed by atoms with Gasteiger partial charge in [0, 0.05) is 0 Å². The summed E-state index contributed by atoms with van der Waals surface area (Å²) < 4.78 is 17.9. The van der Waals surface area contributed by atoms with E-state index >= 15 is 0 Å². The van der Waals surface area contributed by atoms with Crippen molar-refractivity contribution in [1.29, 1.82) is 0 Å². The van der Waals surface area contributed by atoms with E-state index in [0.717, 1.165) is 0 Å².